The van der Waals surface area contributed by atoms with E-state index in [1.807, 2.05) is 43.5 Å². The van der Waals surface area contributed by atoms with Gasteiger partial charge in [-0.25, -0.2) is 0 Å². The Balaban J connectivity index is 1.58. The third-order valence-corrected chi connectivity index (χ3v) is 5.39. The van der Waals surface area contributed by atoms with Gasteiger partial charge in [0.05, 0.1) is 18.8 Å². The first-order chi connectivity index (χ1) is 13.6. The first-order valence-electron chi connectivity index (χ1n) is 9.37. The van der Waals surface area contributed by atoms with Crippen molar-refractivity contribution in [1.29, 1.82) is 0 Å². The van der Waals surface area contributed by atoms with Gasteiger partial charge in [-0.15, -0.1) is 0 Å². The highest BCUT2D eigenvalue weighted by molar-refractivity contribution is 6.33. The van der Waals surface area contributed by atoms with E-state index in [-0.39, 0.29) is 6.10 Å². The summed E-state index contributed by atoms with van der Waals surface area (Å²) < 4.78 is 12.2. The second-order valence-electron chi connectivity index (χ2n) is 6.97. The molecule has 0 saturated heterocycles. The fourth-order valence-electron chi connectivity index (χ4n) is 3.09. The topological polar surface area (TPSA) is 31.4 Å². The van der Waals surface area contributed by atoms with E-state index in [4.69, 9.17) is 32.7 Å². The molecule has 1 atom stereocenters. The summed E-state index contributed by atoms with van der Waals surface area (Å²) in [7, 11) is 0. The lowest BCUT2D eigenvalue weighted by atomic mass is 9.98. The van der Waals surface area contributed by atoms with Crippen molar-refractivity contribution in [3.8, 4) is 16.9 Å². The lowest BCUT2D eigenvalue weighted by Gasteiger charge is -2.19. The SMILES string of the molecule is CC(OCc1cc(Cl)ccc1Cl)c1cnccc1-c1ccccc1OC1CC1. The fourth-order valence-corrected chi connectivity index (χ4v) is 3.46. The second kappa shape index (κ2) is 8.52. The summed E-state index contributed by atoms with van der Waals surface area (Å²) in [5.74, 6) is 0.905. The van der Waals surface area contributed by atoms with E-state index in [0.717, 1.165) is 40.8 Å². The zero-order valence-electron chi connectivity index (χ0n) is 15.6. The average molecular weight is 414 g/mol. The normalized spacial score (nSPS) is 14.7. The van der Waals surface area contributed by atoms with Gasteiger partial charge in [0.2, 0.25) is 0 Å². The van der Waals surface area contributed by atoms with Crippen LogP contribution in [0.25, 0.3) is 11.1 Å². The second-order valence-corrected chi connectivity index (χ2v) is 7.81. The molecule has 4 rings (SSSR count). The first kappa shape index (κ1) is 19.3. The van der Waals surface area contributed by atoms with Crippen LogP contribution in [0, 0.1) is 0 Å². The van der Waals surface area contributed by atoms with E-state index in [1.54, 1.807) is 18.3 Å². The van der Waals surface area contributed by atoms with Gasteiger partial charge in [0.1, 0.15) is 5.75 Å². The molecule has 1 unspecified atom stereocenters. The first-order valence-corrected chi connectivity index (χ1v) is 10.1. The van der Waals surface area contributed by atoms with Crippen LogP contribution in [-0.4, -0.2) is 11.1 Å². The number of rotatable bonds is 7. The molecule has 1 heterocycles. The molecular weight excluding hydrogens is 393 g/mol. The molecule has 3 nitrogen and oxygen atoms in total. The van der Waals surface area contributed by atoms with Crippen LogP contribution in [0.2, 0.25) is 10.0 Å². The van der Waals surface area contributed by atoms with Crippen LogP contribution in [-0.2, 0) is 11.3 Å². The van der Waals surface area contributed by atoms with Gasteiger partial charge in [0.25, 0.3) is 0 Å². The number of aromatic nitrogens is 1. The van der Waals surface area contributed by atoms with Crippen molar-refractivity contribution in [1.82, 2.24) is 4.98 Å². The average Bonchev–Trinajstić information content (AvgIpc) is 3.53. The van der Waals surface area contributed by atoms with Crippen LogP contribution >= 0.6 is 23.2 Å². The summed E-state index contributed by atoms with van der Waals surface area (Å²) in [6.07, 6.45) is 6.06. The van der Waals surface area contributed by atoms with Crippen LogP contribution in [0.4, 0.5) is 0 Å². The van der Waals surface area contributed by atoms with E-state index >= 15 is 0 Å². The standard InChI is InChI=1S/C23H21Cl2NO2/c1-15(27-14-16-12-17(24)6-9-22(16)25)21-13-26-11-10-19(21)20-4-2-3-5-23(20)28-18-7-8-18/h2-6,9-13,15,18H,7-8,14H2,1H3. The molecule has 0 radical (unpaired) electrons. The summed E-state index contributed by atoms with van der Waals surface area (Å²) in [6.45, 7) is 2.39. The van der Waals surface area contributed by atoms with E-state index in [2.05, 4.69) is 11.1 Å². The van der Waals surface area contributed by atoms with Crippen molar-refractivity contribution < 1.29 is 9.47 Å². The van der Waals surface area contributed by atoms with Gasteiger partial charge in [0.15, 0.2) is 0 Å². The summed E-state index contributed by atoms with van der Waals surface area (Å²) in [4.78, 5) is 4.31. The Morgan fingerprint density at radius 1 is 1.07 bits per heavy atom. The lowest BCUT2D eigenvalue weighted by Crippen LogP contribution is -2.05. The van der Waals surface area contributed by atoms with Crippen molar-refractivity contribution in [2.45, 2.75) is 38.6 Å². The Bertz CT molecular complexity index is 972. The maximum Gasteiger partial charge on any atom is 0.127 e. The van der Waals surface area contributed by atoms with Crippen molar-refractivity contribution in [3.63, 3.8) is 0 Å². The lowest BCUT2D eigenvalue weighted by molar-refractivity contribution is 0.0527. The molecule has 144 valence electrons. The molecule has 0 amide bonds. The third kappa shape index (κ3) is 4.49. The number of nitrogens with zero attached hydrogens (tertiary/aromatic N) is 1. The maximum atomic E-state index is 6.26. The minimum atomic E-state index is -0.173. The molecule has 2 aromatic carbocycles. The quantitative estimate of drug-likeness (QED) is 0.423. The van der Waals surface area contributed by atoms with Gasteiger partial charge >= 0.3 is 0 Å². The molecule has 0 bridgehead atoms. The molecular formula is C23H21Cl2NO2. The molecule has 28 heavy (non-hydrogen) atoms. The largest absolute Gasteiger partial charge is 0.490 e. The Labute approximate surface area is 175 Å². The number of halogens is 2. The number of ether oxygens (including phenoxy) is 2. The predicted octanol–water partition coefficient (Wildman–Crippen LogP) is 6.87. The highest BCUT2D eigenvalue weighted by Gasteiger charge is 2.25. The molecule has 1 aliphatic rings. The molecule has 0 aliphatic heterocycles. The van der Waals surface area contributed by atoms with Gasteiger partial charge < -0.3 is 9.47 Å². The van der Waals surface area contributed by atoms with Gasteiger partial charge in [-0.05, 0) is 61.2 Å². The minimum absolute atomic E-state index is 0.173. The van der Waals surface area contributed by atoms with E-state index < -0.39 is 0 Å². The smallest absolute Gasteiger partial charge is 0.127 e. The van der Waals surface area contributed by atoms with E-state index in [9.17, 15) is 0 Å². The van der Waals surface area contributed by atoms with Crippen LogP contribution < -0.4 is 4.74 Å². The zero-order valence-corrected chi connectivity index (χ0v) is 17.1. The minimum Gasteiger partial charge on any atom is -0.490 e. The monoisotopic (exact) mass is 413 g/mol. The number of benzene rings is 2. The maximum absolute atomic E-state index is 6.26. The number of para-hydroxylation sites is 1. The number of hydrogen-bond acceptors (Lipinski definition) is 3. The summed E-state index contributed by atoms with van der Waals surface area (Å²) >= 11 is 12.3. The molecule has 1 fully saturated rings. The molecule has 1 saturated carbocycles. The predicted molar refractivity (Wildman–Crippen MR) is 113 cm³/mol. The van der Waals surface area contributed by atoms with Crippen molar-refractivity contribution in [2.75, 3.05) is 0 Å². The van der Waals surface area contributed by atoms with Crippen LogP contribution in [0.5, 0.6) is 5.75 Å². The highest BCUT2D eigenvalue weighted by atomic mass is 35.5. The molecule has 1 aliphatic carbocycles. The van der Waals surface area contributed by atoms with Gasteiger partial charge in [-0.3, -0.25) is 4.98 Å². The Kier molecular flexibility index (Phi) is 5.86. The van der Waals surface area contributed by atoms with E-state index in [0.29, 0.717) is 22.8 Å². The van der Waals surface area contributed by atoms with Crippen LogP contribution in [0.1, 0.15) is 37.0 Å². The van der Waals surface area contributed by atoms with Crippen molar-refractivity contribution in [3.05, 3.63) is 82.1 Å². The molecule has 5 heteroatoms. The molecule has 0 spiro atoms. The van der Waals surface area contributed by atoms with Gasteiger partial charge in [0, 0.05) is 33.6 Å². The van der Waals surface area contributed by atoms with Crippen molar-refractivity contribution in [2.24, 2.45) is 0 Å². The Morgan fingerprint density at radius 2 is 1.89 bits per heavy atom. The summed E-state index contributed by atoms with van der Waals surface area (Å²) in [5.41, 5.74) is 4.00. The molecule has 1 aromatic heterocycles. The van der Waals surface area contributed by atoms with Crippen LogP contribution in [0.3, 0.4) is 0 Å². The fraction of sp³-hybridized carbons (Fsp3) is 0.261. The van der Waals surface area contributed by atoms with Gasteiger partial charge in [-0.1, -0.05) is 41.4 Å². The summed E-state index contributed by atoms with van der Waals surface area (Å²) in [6, 6.07) is 15.5. The van der Waals surface area contributed by atoms with Gasteiger partial charge in [-0.2, -0.15) is 0 Å². The summed E-state index contributed by atoms with van der Waals surface area (Å²) in [5, 5.41) is 1.29. The number of hydrogen-bond donors (Lipinski definition) is 0. The van der Waals surface area contributed by atoms with Crippen molar-refractivity contribution >= 4 is 23.2 Å². The zero-order chi connectivity index (χ0) is 19.5. The number of pyridine rings is 1. The third-order valence-electron chi connectivity index (χ3n) is 4.78. The molecule has 0 N–H and O–H groups in total. The molecule has 3 aromatic rings. The Hall–Kier alpha value is -2.07. The van der Waals surface area contributed by atoms with Crippen LogP contribution in [0.15, 0.2) is 60.9 Å². The Morgan fingerprint density at radius 3 is 2.71 bits per heavy atom. The van der Waals surface area contributed by atoms with E-state index in [1.165, 1.54) is 0 Å². The highest BCUT2D eigenvalue weighted by Crippen LogP contribution is 2.38.